The Balaban J connectivity index is 2.02. The van der Waals surface area contributed by atoms with Gasteiger partial charge in [0.05, 0.1) is 12.1 Å². The first kappa shape index (κ1) is 14.3. The summed E-state index contributed by atoms with van der Waals surface area (Å²) in [5.41, 5.74) is 0.883. The molecule has 0 unspecified atom stereocenters. The minimum absolute atomic E-state index is 0.0306. The van der Waals surface area contributed by atoms with Crippen LogP contribution in [0.1, 0.15) is 35.8 Å². The molecule has 108 valence electrons. The van der Waals surface area contributed by atoms with Crippen LogP contribution in [0.3, 0.4) is 0 Å². The SMILES string of the molecule is CCc1cc(C(=O)O)cc(NCC(=O)N2CCCC2)n1. The molecule has 6 nitrogen and oxygen atoms in total. The summed E-state index contributed by atoms with van der Waals surface area (Å²) in [4.78, 5) is 29.1. The number of nitrogens with one attached hydrogen (secondary N) is 1. The minimum Gasteiger partial charge on any atom is -0.478 e. The van der Waals surface area contributed by atoms with E-state index in [1.165, 1.54) is 6.07 Å². The number of hydrogen-bond acceptors (Lipinski definition) is 4. The highest BCUT2D eigenvalue weighted by Gasteiger charge is 2.17. The third-order valence-electron chi connectivity index (χ3n) is 3.37. The largest absolute Gasteiger partial charge is 0.478 e. The van der Waals surface area contributed by atoms with Crippen molar-refractivity contribution in [2.24, 2.45) is 0 Å². The summed E-state index contributed by atoms with van der Waals surface area (Å²) in [5, 5.41) is 12.0. The molecule has 0 bridgehead atoms. The van der Waals surface area contributed by atoms with Crippen LogP contribution >= 0.6 is 0 Å². The summed E-state index contributed by atoms with van der Waals surface area (Å²) in [6.45, 7) is 3.68. The molecule has 1 aromatic heterocycles. The number of aromatic carboxylic acids is 1. The number of rotatable bonds is 5. The number of amides is 1. The Bertz CT molecular complexity index is 510. The lowest BCUT2D eigenvalue weighted by atomic mass is 10.2. The summed E-state index contributed by atoms with van der Waals surface area (Å²) in [5.74, 6) is -0.520. The van der Waals surface area contributed by atoms with Gasteiger partial charge in [0.25, 0.3) is 0 Å². The van der Waals surface area contributed by atoms with Gasteiger partial charge in [0.1, 0.15) is 5.82 Å². The van der Waals surface area contributed by atoms with Gasteiger partial charge in [-0.1, -0.05) is 6.92 Å². The van der Waals surface area contributed by atoms with E-state index in [-0.39, 0.29) is 18.0 Å². The Kier molecular flexibility index (Phi) is 4.55. The van der Waals surface area contributed by atoms with Crippen LogP contribution in [0.2, 0.25) is 0 Å². The number of hydrogen-bond donors (Lipinski definition) is 2. The molecule has 20 heavy (non-hydrogen) atoms. The van der Waals surface area contributed by atoms with Crippen LogP contribution < -0.4 is 5.32 Å². The highest BCUT2D eigenvalue weighted by atomic mass is 16.4. The number of anilines is 1. The number of carboxylic acids is 1. The number of carbonyl (C=O) groups is 2. The molecule has 1 fully saturated rings. The maximum Gasteiger partial charge on any atom is 0.335 e. The van der Waals surface area contributed by atoms with E-state index in [1.807, 2.05) is 11.8 Å². The van der Waals surface area contributed by atoms with E-state index in [4.69, 9.17) is 5.11 Å². The fraction of sp³-hybridized carbons (Fsp3) is 0.500. The first-order valence-corrected chi connectivity index (χ1v) is 6.86. The quantitative estimate of drug-likeness (QED) is 0.849. The van der Waals surface area contributed by atoms with Crippen LogP contribution in [-0.4, -0.2) is 46.5 Å². The number of pyridine rings is 1. The fourth-order valence-corrected chi connectivity index (χ4v) is 2.23. The van der Waals surface area contributed by atoms with Crippen LogP contribution in [0.25, 0.3) is 0 Å². The zero-order valence-corrected chi connectivity index (χ0v) is 11.6. The first-order chi connectivity index (χ1) is 9.60. The number of aryl methyl sites for hydroxylation is 1. The van der Waals surface area contributed by atoms with E-state index in [9.17, 15) is 9.59 Å². The van der Waals surface area contributed by atoms with Crippen LogP contribution in [0.15, 0.2) is 12.1 Å². The van der Waals surface area contributed by atoms with Gasteiger partial charge in [0.15, 0.2) is 0 Å². The molecular weight excluding hydrogens is 258 g/mol. The Morgan fingerprint density at radius 1 is 1.35 bits per heavy atom. The molecule has 6 heteroatoms. The predicted octanol–water partition coefficient (Wildman–Crippen LogP) is 1.38. The zero-order valence-electron chi connectivity index (χ0n) is 11.6. The maximum atomic E-state index is 11.9. The predicted molar refractivity (Wildman–Crippen MR) is 74.9 cm³/mol. The Labute approximate surface area is 117 Å². The zero-order chi connectivity index (χ0) is 14.5. The summed E-state index contributed by atoms with van der Waals surface area (Å²) >= 11 is 0. The van der Waals surface area contributed by atoms with Crippen molar-refractivity contribution in [1.29, 1.82) is 0 Å². The van der Waals surface area contributed by atoms with Gasteiger partial charge >= 0.3 is 5.97 Å². The van der Waals surface area contributed by atoms with E-state index in [0.29, 0.717) is 17.9 Å². The van der Waals surface area contributed by atoms with Crippen molar-refractivity contribution >= 4 is 17.7 Å². The topological polar surface area (TPSA) is 82.5 Å². The Morgan fingerprint density at radius 2 is 2.05 bits per heavy atom. The first-order valence-electron chi connectivity index (χ1n) is 6.86. The van der Waals surface area contributed by atoms with Crippen LogP contribution in [-0.2, 0) is 11.2 Å². The molecule has 2 heterocycles. The second kappa shape index (κ2) is 6.36. The molecular formula is C14H19N3O3. The minimum atomic E-state index is -0.990. The number of carbonyl (C=O) groups excluding carboxylic acids is 1. The smallest absolute Gasteiger partial charge is 0.335 e. The lowest BCUT2D eigenvalue weighted by Gasteiger charge is -2.16. The summed E-state index contributed by atoms with van der Waals surface area (Å²) in [7, 11) is 0. The average Bonchev–Trinajstić information content (AvgIpc) is 2.98. The van der Waals surface area contributed by atoms with Crippen molar-refractivity contribution in [2.75, 3.05) is 25.0 Å². The van der Waals surface area contributed by atoms with E-state index in [2.05, 4.69) is 10.3 Å². The molecule has 2 rings (SSSR count). The van der Waals surface area contributed by atoms with Crippen LogP contribution in [0.5, 0.6) is 0 Å². The highest BCUT2D eigenvalue weighted by Crippen LogP contribution is 2.12. The molecule has 0 aromatic carbocycles. The highest BCUT2D eigenvalue weighted by molar-refractivity contribution is 5.89. The van der Waals surface area contributed by atoms with Crippen molar-refractivity contribution in [3.05, 3.63) is 23.4 Å². The van der Waals surface area contributed by atoms with Gasteiger partial charge in [-0.15, -0.1) is 0 Å². The molecule has 1 aromatic rings. The molecule has 1 saturated heterocycles. The van der Waals surface area contributed by atoms with E-state index in [0.717, 1.165) is 25.9 Å². The number of aromatic nitrogens is 1. The van der Waals surface area contributed by atoms with Gasteiger partial charge in [-0.05, 0) is 31.4 Å². The third-order valence-corrected chi connectivity index (χ3v) is 3.37. The van der Waals surface area contributed by atoms with Crippen molar-refractivity contribution in [2.45, 2.75) is 26.2 Å². The molecule has 1 amide bonds. The van der Waals surface area contributed by atoms with E-state index in [1.54, 1.807) is 6.07 Å². The lowest BCUT2D eigenvalue weighted by molar-refractivity contribution is -0.128. The van der Waals surface area contributed by atoms with E-state index >= 15 is 0 Å². The standard InChI is InChI=1S/C14H19N3O3/c1-2-11-7-10(14(19)20)8-12(16-11)15-9-13(18)17-5-3-4-6-17/h7-8H,2-6,9H2,1H3,(H,15,16)(H,19,20). The summed E-state index contributed by atoms with van der Waals surface area (Å²) < 4.78 is 0. The molecule has 0 saturated carbocycles. The maximum absolute atomic E-state index is 11.9. The van der Waals surface area contributed by atoms with Gasteiger partial charge in [-0.3, -0.25) is 4.79 Å². The number of carboxylic acid groups (broad SMARTS) is 1. The van der Waals surface area contributed by atoms with Crippen molar-refractivity contribution in [3.63, 3.8) is 0 Å². The van der Waals surface area contributed by atoms with Gasteiger partial charge in [-0.2, -0.15) is 0 Å². The molecule has 0 atom stereocenters. The van der Waals surface area contributed by atoms with E-state index < -0.39 is 5.97 Å². The van der Waals surface area contributed by atoms with Crippen molar-refractivity contribution in [1.82, 2.24) is 9.88 Å². The Hall–Kier alpha value is -2.11. The normalized spacial score (nSPS) is 14.3. The van der Waals surface area contributed by atoms with Crippen molar-refractivity contribution < 1.29 is 14.7 Å². The van der Waals surface area contributed by atoms with Crippen molar-refractivity contribution in [3.8, 4) is 0 Å². The van der Waals surface area contributed by atoms with Crippen LogP contribution in [0.4, 0.5) is 5.82 Å². The Morgan fingerprint density at radius 3 is 2.65 bits per heavy atom. The summed E-state index contributed by atoms with van der Waals surface area (Å²) in [6, 6.07) is 3.01. The molecule has 0 radical (unpaired) electrons. The van der Waals surface area contributed by atoms with Gasteiger partial charge in [0.2, 0.25) is 5.91 Å². The molecule has 0 spiro atoms. The monoisotopic (exact) mass is 277 g/mol. The van der Waals surface area contributed by atoms with Crippen LogP contribution in [0, 0.1) is 0 Å². The average molecular weight is 277 g/mol. The second-order valence-corrected chi connectivity index (χ2v) is 4.83. The molecule has 0 aliphatic carbocycles. The third kappa shape index (κ3) is 3.46. The van der Waals surface area contributed by atoms with Gasteiger partial charge in [-0.25, -0.2) is 9.78 Å². The fourth-order valence-electron chi connectivity index (χ4n) is 2.23. The lowest BCUT2D eigenvalue weighted by Crippen LogP contribution is -2.33. The summed E-state index contributed by atoms with van der Waals surface area (Å²) in [6.07, 6.45) is 2.76. The number of nitrogens with zero attached hydrogens (tertiary/aromatic N) is 2. The van der Waals surface area contributed by atoms with Gasteiger partial charge < -0.3 is 15.3 Å². The second-order valence-electron chi connectivity index (χ2n) is 4.83. The molecule has 1 aliphatic rings. The van der Waals surface area contributed by atoms with Gasteiger partial charge in [0, 0.05) is 18.8 Å². The number of likely N-dealkylation sites (tertiary alicyclic amines) is 1. The molecule has 2 N–H and O–H groups in total. The molecule has 1 aliphatic heterocycles.